The highest BCUT2D eigenvalue weighted by Gasteiger charge is 2.32. The molecule has 3 rings (SSSR count). The second-order valence-corrected chi connectivity index (χ2v) is 8.00. The second kappa shape index (κ2) is 8.12. The first-order chi connectivity index (χ1) is 12.5. The van der Waals surface area contributed by atoms with Crippen LogP contribution in [0.1, 0.15) is 26.7 Å². The minimum atomic E-state index is 0.195. The normalized spacial score (nSPS) is 13.9. The number of hydrogen-bond donors (Lipinski definition) is 0. The van der Waals surface area contributed by atoms with Crippen LogP contribution in [0.15, 0.2) is 29.4 Å². The number of aromatic nitrogens is 3. The van der Waals surface area contributed by atoms with Crippen molar-refractivity contribution < 1.29 is 9.53 Å². The first-order valence-corrected chi connectivity index (χ1v) is 9.94. The van der Waals surface area contributed by atoms with Crippen molar-refractivity contribution in [3.05, 3.63) is 24.3 Å². The lowest BCUT2D eigenvalue weighted by molar-refractivity contribution is -0.129. The molecular formula is C19H26N4O2S. The first kappa shape index (κ1) is 18.8. The van der Waals surface area contributed by atoms with Crippen LogP contribution in [0, 0.1) is 5.92 Å². The number of carbonyl (C=O) groups is 1. The molecule has 1 amide bonds. The fourth-order valence-electron chi connectivity index (χ4n) is 2.88. The number of benzene rings is 1. The number of amides is 1. The summed E-state index contributed by atoms with van der Waals surface area (Å²) >= 11 is 1.45. The average Bonchev–Trinajstić information content (AvgIpc) is 3.41. The summed E-state index contributed by atoms with van der Waals surface area (Å²) in [4.78, 5) is 14.7. The Morgan fingerprint density at radius 2 is 2.00 bits per heavy atom. The van der Waals surface area contributed by atoms with Gasteiger partial charge < -0.3 is 14.2 Å². The topological polar surface area (TPSA) is 60.3 Å². The Kier molecular flexibility index (Phi) is 5.86. The van der Waals surface area contributed by atoms with Crippen molar-refractivity contribution in [2.45, 2.75) is 37.9 Å². The van der Waals surface area contributed by atoms with Gasteiger partial charge in [0.05, 0.1) is 12.9 Å². The molecule has 26 heavy (non-hydrogen) atoms. The predicted octanol–water partition coefficient (Wildman–Crippen LogP) is 3.23. The van der Waals surface area contributed by atoms with Gasteiger partial charge in [-0.2, -0.15) is 0 Å². The van der Waals surface area contributed by atoms with Crippen LogP contribution in [0.25, 0.3) is 11.4 Å². The summed E-state index contributed by atoms with van der Waals surface area (Å²) in [7, 11) is 3.58. The van der Waals surface area contributed by atoms with Crippen molar-refractivity contribution in [1.82, 2.24) is 19.7 Å². The molecule has 6 nitrogen and oxygen atoms in total. The minimum absolute atomic E-state index is 0.195. The van der Waals surface area contributed by atoms with Gasteiger partial charge in [-0.1, -0.05) is 25.6 Å². The molecule has 1 fully saturated rings. The molecule has 1 aromatic carbocycles. The van der Waals surface area contributed by atoms with E-state index in [2.05, 4.69) is 24.0 Å². The monoisotopic (exact) mass is 374 g/mol. The molecule has 0 aliphatic heterocycles. The van der Waals surface area contributed by atoms with Gasteiger partial charge in [-0.15, -0.1) is 10.2 Å². The molecule has 0 spiro atoms. The van der Waals surface area contributed by atoms with Gasteiger partial charge in [-0.3, -0.25) is 4.79 Å². The SMILES string of the molecule is COc1ccc(-c2nnc(SCC(=O)N(CC(C)C)C3CC3)n2C)cc1. The standard InChI is InChI=1S/C19H26N4O2S/c1-13(2)11-23(15-7-8-15)17(24)12-26-19-21-20-18(22(19)3)14-5-9-16(25-4)10-6-14/h5-6,9-10,13,15H,7-8,11-12H2,1-4H3. The maximum Gasteiger partial charge on any atom is 0.233 e. The quantitative estimate of drug-likeness (QED) is 0.664. The zero-order valence-electron chi connectivity index (χ0n) is 15.8. The van der Waals surface area contributed by atoms with Crippen LogP contribution >= 0.6 is 11.8 Å². The van der Waals surface area contributed by atoms with E-state index in [9.17, 15) is 4.79 Å². The Morgan fingerprint density at radius 3 is 2.58 bits per heavy atom. The van der Waals surface area contributed by atoms with Crippen molar-refractivity contribution >= 4 is 17.7 Å². The van der Waals surface area contributed by atoms with E-state index in [1.807, 2.05) is 40.8 Å². The maximum absolute atomic E-state index is 12.6. The lowest BCUT2D eigenvalue weighted by Gasteiger charge is -2.24. The predicted molar refractivity (Wildman–Crippen MR) is 103 cm³/mol. The van der Waals surface area contributed by atoms with Gasteiger partial charge in [0.25, 0.3) is 0 Å². The van der Waals surface area contributed by atoms with E-state index in [1.54, 1.807) is 7.11 Å². The summed E-state index contributed by atoms with van der Waals surface area (Å²) in [6.45, 7) is 5.14. The fourth-order valence-corrected chi connectivity index (χ4v) is 3.67. The Bertz CT molecular complexity index is 753. The molecule has 1 aliphatic rings. The summed E-state index contributed by atoms with van der Waals surface area (Å²) in [6.07, 6.45) is 2.27. The smallest absolute Gasteiger partial charge is 0.233 e. The van der Waals surface area contributed by atoms with Crippen LogP contribution in [-0.2, 0) is 11.8 Å². The van der Waals surface area contributed by atoms with E-state index in [4.69, 9.17) is 4.74 Å². The fraction of sp³-hybridized carbons (Fsp3) is 0.526. The van der Waals surface area contributed by atoms with Crippen LogP contribution in [0.4, 0.5) is 0 Å². The zero-order chi connectivity index (χ0) is 18.7. The van der Waals surface area contributed by atoms with E-state index < -0.39 is 0 Å². The largest absolute Gasteiger partial charge is 0.497 e. The van der Waals surface area contributed by atoms with Crippen molar-refractivity contribution in [2.24, 2.45) is 13.0 Å². The molecule has 1 saturated carbocycles. The van der Waals surface area contributed by atoms with Crippen LogP contribution < -0.4 is 4.74 Å². The summed E-state index contributed by atoms with van der Waals surface area (Å²) in [6, 6.07) is 8.17. The van der Waals surface area contributed by atoms with Gasteiger partial charge in [0, 0.05) is 25.2 Å². The lowest BCUT2D eigenvalue weighted by atomic mass is 10.2. The van der Waals surface area contributed by atoms with Gasteiger partial charge in [-0.25, -0.2) is 0 Å². The van der Waals surface area contributed by atoms with E-state index >= 15 is 0 Å². The average molecular weight is 375 g/mol. The first-order valence-electron chi connectivity index (χ1n) is 8.95. The highest BCUT2D eigenvalue weighted by atomic mass is 32.2. The maximum atomic E-state index is 12.6. The third-order valence-electron chi connectivity index (χ3n) is 4.38. The number of hydrogen-bond acceptors (Lipinski definition) is 5. The molecule has 0 unspecified atom stereocenters. The Hall–Kier alpha value is -2.02. The molecule has 2 aromatic rings. The highest BCUT2D eigenvalue weighted by molar-refractivity contribution is 7.99. The molecule has 1 heterocycles. The van der Waals surface area contributed by atoms with Crippen molar-refractivity contribution in [1.29, 1.82) is 0 Å². The lowest BCUT2D eigenvalue weighted by Crippen LogP contribution is -2.37. The Morgan fingerprint density at radius 1 is 1.31 bits per heavy atom. The number of carbonyl (C=O) groups excluding carboxylic acids is 1. The summed E-state index contributed by atoms with van der Waals surface area (Å²) in [5.41, 5.74) is 0.971. The molecule has 0 atom stereocenters. The van der Waals surface area contributed by atoms with Gasteiger partial charge in [0.2, 0.25) is 5.91 Å². The molecule has 1 aliphatic carbocycles. The van der Waals surface area contributed by atoms with Crippen LogP contribution in [0.2, 0.25) is 0 Å². The molecule has 0 radical (unpaired) electrons. The van der Waals surface area contributed by atoms with E-state index in [1.165, 1.54) is 11.8 Å². The molecular weight excluding hydrogens is 348 g/mol. The highest BCUT2D eigenvalue weighted by Crippen LogP contribution is 2.29. The van der Waals surface area contributed by atoms with E-state index in [-0.39, 0.29) is 5.91 Å². The van der Waals surface area contributed by atoms with Crippen LogP contribution in [0.5, 0.6) is 5.75 Å². The van der Waals surface area contributed by atoms with Gasteiger partial charge in [0.15, 0.2) is 11.0 Å². The molecule has 0 bridgehead atoms. The molecule has 0 saturated heterocycles. The summed E-state index contributed by atoms with van der Waals surface area (Å²) in [5.74, 6) is 2.67. The van der Waals surface area contributed by atoms with E-state index in [0.717, 1.165) is 41.7 Å². The molecule has 7 heteroatoms. The van der Waals surface area contributed by atoms with Gasteiger partial charge in [0.1, 0.15) is 5.75 Å². The third-order valence-corrected chi connectivity index (χ3v) is 5.38. The van der Waals surface area contributed by atoms with Crippen molar-refractivity contribution in [2.75, 3.05) is 19.4 Å². The summed E-state index contributed by atoms with van der Waals surface area (Å²) < 4.78 is 7.12. The Balaban J connectivity index is 1.65. The van der Waals surface area contributed by atoms with E-state index in [0.29, 0.717) is 17.7 Å². The molecule has 0 N–H and O–H groups in total. The number of ether oxygens (including phenoxy) is 1. The zero-order valence-corrected chi connectivity index (χ0v) is 16.6. The van der Waals surface area contributed by atoms with Crippen molar-refractivity contribution in [3.8, 4) is 17.1 Å². The number of rotatable bonds is 8. The molecule has 140 valence electrons. The van der Waals surface area contributed by atoms with Crippen LogP contribution in [-0.4, -0.2) is 51.0 Å². The van der Waals surface area contributed by atoms with Crippen molar-refractivity contribution in [3.63, 3.8) is 0 Å². The summed E-state index contributed by atoms with van der Waals surface area (Å²) in [5, 5.41) is 9.30. The Labute approximate surface area is 158 Å². The van der Waals surface area contributed by atoms with Gasteiger partial charge in [-0.05, 0) is 43.0 Å². The van der Waals surface area contributed by atoms with Crippen LogP contribution in [0.3, 0.4) is 0 Å². The van der Waals surface area contributed by atoms with Gasteiger partial charge >= 0.3 is 0 Å². The minimum Gasteiger partial charge on any atom is -0.497 e. The second-order valence-electron chi connectivity index (χ2n) is 7.05. The third kappa shape index (κ3) is 4.38. The molecule has 1 aromatic heterocycles. The number of nitrogens with zero attached hydrogens (tertiary/aromatic N) is 4. The number of thioether (sulfide) groups is 1. The number of methoxy groups -OCH3 is 1.